The zero-order valence-corrected chi connectivity index (χ0v) is 9.86. The second-order valence-electron chi connectivity index (χ2n) is 4.67. The first-order valence-electron chi connectivity index (χ1n) is 5.19. The van der Waals surface area contributed by atoms with Crippen LogP contribution in [-0.4, -0.2) is 10.6 Å². The molecule has 1 aromatic carbocycles. The van der Waals surface area contributed by atoms with E-state index in [0.29, 0.717) is 10.8 Å². The van der Waals surface area contributed by atoms with Crippen LogP contribution in [0, 0.1) is 13.8 Å². The van der Waals surface area contributed by atoms with Crippen molar-refractivity contribution in [3.05, 3.63) is 27.8 Å². The quantitative estimate of drug-likeness (QED) is 0.813. The molecule has 0 saturated heterocycles. The second kappa shape index (κ2) is 3.39. The first kappa shape index (κ1) is 10.8. The van der Waals surface area contributed by atoms with E-state index >= 15 is 0 Å². The van der Waals surface area contributed by atoms with Crippen LogP contribution in [0.2, 0.25) is 5.02 Å². The molecule has 0 atom stereocenters. The number of hydrogen-bond donors (Lipinski definition) is 2. The van der Waals surface area contributed by atoms with E-state index in [9.17, 15) is 5.11 Å². The Morgan fingerprint density at radius 2 is 2.07 bits per heavy atom. The molecule has 1 fully saturated rings. The van der Waals surface area contributed by atoms with Gasteiger partial charge in [0.05, 0.1) is 0 Å². The molecule has 0 bridgehead atoms. The zero-order valence-electron chi connectivity index (χ0n) is 9.10. The van der Waals surface area contributed by atoms with Crippen LogP contribution in [0.1, 0.15) is 29.5 Å². The highest BCUT2D eigenvalue weighted by molar-refractivity contribution is 6.31. The summed E-state index contributed by atoms with van der Waals surface area (Å²) in [6.07, 6.45) is 2.81. The molecular formula is C12H16ClNO. The fraction of sp³-hybridized carbons (Fsp3) is 0.500. The standard InChI is InChI=1S/C12H16ClNO/c1-7-5-10(13)8(2)9(11(7)15)6-12(14)3-4-12/h5,15H,3-4,6,14H2,1-2H3. The smallest absolute Gasteiger partial charge is 0.122 e. The molecule has 1 aliphatic carbocycles. The maximum Gasteiger partial charge on any atom is 0.122 e. The lowest BCUT2D eigenvalue weighted by Gasteiger charge is -2.16. The first-order chi connectivity index (χ1) is 6.93. The number of phenols is 1. The molecule has 15 heavy (non-hydrogen) atoms. The Balaban J connectivity index is 2.44. The molecule has 0 unspecified atom stereocenters. The average molecular weight is 226 g/mol. The summed E-state index contributed by atoms with van der Waals surface area (Å²) in [6, 6.07) is 1.80. The summed E-state index contributed by atoms with van der Waals surface area (Å²) in [5, 5.41) is 10.7. The van der Waals surface area contributed by atoms with E-state index in [2.05, 4.69) is 0 Å². The van der Waals surface area contributed by atoms with Crippen molar-refractivity contribution in [2.45, 2.75) is 38.6 Å². The number of aromatic hydroxyl groups is 1. The van der Waals surface area contributed by atoms with E-state index in [4.69, 9.17) is 17.3 Å². The molecule has 2 rings (SSSR count). The SMILES string of the molecule is Cc1cc(Cl)c(C)c(CC2(N)CC2)c1O. The molecule has 3 N–H and O–H groups in total. The summed E-state index contributed by atoms with van der Waals surface area (Å²) in [5.41, 5.74) is 8.66. The molecule has 0 aromatic heterocycles. The minimum Gasteiger partial charge on any atom is -0.507 e. The second-order valence-corrected chi connectivity index (χ2v) is 5.07. The summed E-state index contributed by atoms with van der Waals surface area (Å²) in [7, 11) is 0. The molecule has 82 valence electrons. The maximum absolute atomic E-state index is 9.98. The number of nitrogens with two attached hydrogens (primary N) is 1. The van der Waals surface area contributed by atoms with Gasteiger partial charge in [-0.2, -0.15) is 0 Å². The van der Waals surface area contributed by atoms with Gasteiger partial charge in [-0.3, -0.25) is 0 Å². The third-order valence-electron chi connectivity index (χ3n) is 3.23. The van der Waals surface area contributed by atoms with Gasteiger partial charge in [0.1, 0.15) is 5.75 Å². The van der Waals surface area contributed by atoms with Gasteiger partial charge in [0, 0.05) is 16.1 Å². The van der Waals surface area contributed by atoms with Crippen molar-refractivity contribution in [3.8, 4) is 5.75 Å². The summed E-state index contributed by atoms with van der Waals surface area (Å²) in [6.45, 7) is 3.79. The molecule has 1 aliphatic rings. The van der Waals surface area contributed by atoms with Gasteiger partial charge in [-0.1, -0.05) is 11.6 Å². The lowest BCUT2D eigenvalue weighted by atomic mass is 9.96. The van der Waals surface area contributed by atoms with Gasteiger partial charge in [-0.05, 0) is 50.3 Å². The summed E-state index contributed by atoms with van der Waals surface area (Å²) >= 11 is 6.09. The van der Waals surface area contributed by atoms with Gasteiger partial charge < -0.3 is 10.8 Å². The Kier molecular flexibility index (Phi) is 2.44. The number of halogens is 1. The van der Waals surface area contributed by atoms with Crippen molar-refractivity contribution in [2.75, 3.05) is 0 Å². The predicted octanol–water partition coefficient (Wildman–Crippen LogP) is 2.70. The number of aryl methyl sites for hydroxylation is 1. The lowest BCUT2D eigenvalue weighted by Crippen LogP contribution is -2.25. The Morgan fingerprint density at radius 3 is 2.60 bits per heavy atom. The van der Waals surface area contributed by atoms with E-state index in [1.807, 2.05) is 13.8 Å². The highest BCUT2D eigenvalue weighted by Gasteiger charge is 2.39. The molecular weight excluding hydrogens is 210 g/mol. The lowest BCUT2D eigenvalue weighted by molar-refractivity contribution is 0.458. The highest BCUT2D eigenvalue weighted by atomic mass is 35.5. The Bertz CT molecular complexity index is 384. The van der Waals surface area contributed by atoms with Crippen molar-refractivity contribution in [3.63, 3.8) is 0 Å². The normalized spacial score (nSPS) is 17.9. The third kappa shape index (κ3) is 1.97. The Labute approximate surface area is 95.1 Å². The Morgan fingerprint density at radius 1 is 1.47 bits per heavy atom. The van der Waals surface area contributed by atoms with Crippen LogP contribution in [0.15, 0.2) is 6.07 Å². The van der Waals surface area contributed by atoms with Gasteiger partial charge in [0.15, 0.2) is 0 Å². The molecule has 0 amide bonds. The topological polar surface area (TPSA) is 46.2 Å². The van der Waals surface area contributed by atoms with Crippen molar-refractivity contribution in [1.29, 1.82) is 0 Å². The van der Waals surface area contributed by atoms with Crippen molar-refractivity contribution >= 4 is 11.6 Å². The van der Waals surface area contributed by atoms with Crippen molar-refractivity contribution in [2.24, 2.45) is 5.73 Å². The number of hydrogen-bond acceptors (Lipinski definition) is 2. The van der Waals surface area contributed by atoms with Gasteiger partial charge in [-0.25, -0.2) is 0 Å². The monoisotopic (exact) mass is 225 g/mol. The predicted molar refractivity (Wildman–Crippen MR) is 62.4 cm³/mol. The van der Waals surface area contributed by atoms with Crippen LogP contribution < -0.4 is 5.73 Å². The fourth-order valence-corrected chi connectivity index (χ4v) is 2.11. The van der Waals surface area contributed by atoms with Gasteiger partial charge in [-0.15, -0.1) is 0 Å². The molecule has 2 nitrogen and oxygen atoms in total. The largest absolute Gasteiger partial charge is 0.507 e. The molecule has 3 heteroatoms. The van der Waals surface area contributed by atoms with Crippen LogP contribution in [0.25, 0.3) is 0 Å². The van der Waals surface area contributed by atoms with Crippen molar-refractivity contribution in [1.82, 2.24) is 0 Å². The number of benzene rings is 1. The molecule has 1 aromatic rings. The van der Waals surface area contributed by atoms with E-state index < -0.39 is 0 Å². The number of rotatable bonds is 2. The molecule has 0 aliphatic heterocycles. The van der Waals surface area contributed by atoms with Gasteiger partial charge in [0.2, 0.25) is 0 Å². The van der Waals surface area contributed by atoms with Crippen molar-refractivity contribution < 1.29 is 5.11 Å². The molecule has 0 radical (unpaired) electrons. The summed E-state index contributed by atoms with van der Waals surface area (Å²) in [5.74, 6) is 0.355. The molecule has 0 spiro atoms. The molecule has 0 heterocycles. The van der Waals surface area contributed by atoms with Crippen LogP contribution in [0.5, 0.6) is 5.75 Å². The summed E-state index contributed by atoms with van der Waals surface area (Å²) < 4.78 is 0. The highest BCUT2D eigenvalue weighted by Crippen LogP contribution is 2.40. The maximum atomic E-state index is 9.98. The van der Waals surface area contributed by atoms with Gasteiger partial charge in [0.25, 0.3) is 0 Å². The van der Waals surface area contributed by atoms with E-state index in [0.717, 1.165) is 36.0 Å². The van der Waals surface area contributed by atoms with Crippen LogP contribution in [-0.2, 0) is 6.42 Å². The Hall–Kier alpha value is -0.730. The minimum atomic E-state index is -0.0979. The van der Waals surface area contributed by atoms with Gasteiger partial charge >= 0.3 is 0 Å². The van der Waals surface area contributed by atoms with E-state index in [1.165, 1.54) is 0 Å². The molecule has 1 saturated carbocycles. The number of phenolic OH excluding ortho intramolecular Hbond substituents is 1. The van der Waals surface area contributed by atoms with Crippen LogP contribution in [0.3, 0.4) is 0 Å². The van der Waals surface area contributed by atoms with E-state index in [-0.39, 0.29) is 5.54 Å². The van der Waals surface area contributed by atoms with E-state index in [1.54, 1.807) is 6.07 Å². The minimum absolute atomic E-state index is 0.0979. The third-order valence-corrected chi connectivity index (χ3v) is 3.63. The summed E-state index contributed by atoms with van der Waals surface area (Å²) in [4.78, 5) is 0. The van der Waals surface area contributed by atoms with Crippen LogP contribution in [0.4, 0.5) is 0 Å². The first-order valence-corrected chi connectivity index (χ1v) is 5.57. The fourth-order valence-electron chi connectivity index (χ4n) is 1.83. The zero-order chi connectivity index (χ0) is 11.2. The van der Waals surface area contributed by atoms with Crippen LogP contribution >= 0.6 is 11.6 Å². The average Bonchev–Trinajstić information content (AvgIpc) is 2.89.